The molecule has 2 aromatic heterocycles. The number of benzene rings is 2. The summed E-state index contributed by atoms with van der Waals surface area (Å²) in [5.74, 6) is -3.48. The monoisotopic (exact) mass is 490 g/mol. The Bertz CT molecular complexity index is 1320. The smallest absolute Gasteiger partial charge is 0.475 e. The molecule has 0 radical (unpaired) electrons. The maximum Gasteiger partial charge on any atom is 0.490 e. The van der Waals surface area contributed by atoms with Crippen LogP contribution in [0.3, 0.4) is 0 Å². The van der Waals surface area contributed by atoms with E-state index < -0.39 is 18.2 Å². The Hall–Kier alpha value is -4.32. The molecule has 12 heteroatoms. The number of amides is 1. The summed E-state index contributed by atoms with van der Waals surface area (Å²) in [6.45, 7) is 0.00960. The van der Waals surface area contributed by atoms with Gasteiger partial charge in [0.2, 0.25) is 0 Å². The number of aliphatic carboxylic acids is 1. The number of carbonyl (C=O) groups is 2. The maximum absolute atomic E-state index is 13.0. The Labute approximate surface area is 195 Å². The van der Waals surface area contributed by atoms with Gasteiger partial charge in [-0.25, -0.2) is 9.18 Å². The van der Waals surface area contributed by atoms with Crippen LogP contribution in [0.4, 0.5) is 17.6 Å². The number of alkyl halides is 3. The predicted molar refractivity (Wildman–Crippen MR) is 117 cm³/mol. The van der Waals surface area contributed by atoms with Crippen LogP contribution in [-0.4, -0.2) is 50.0 Å². The van der Waals surface area contributed by atoms with Gasteiger partial charge < -0.3 is 15.5 Å². The van der Waals surface area contributed by atoms with E-state index in [1.807, 2.05) is 18.2 Å². The first-order chi connectivity index (χ1) is 16.5. The number of nitrogens with one attached hydrogen (secondary N) is 2. The van der Waals surface area contributed by atoms with Crippen LogP contribution in [-0.2, 0) is 4.79 Å². The third-order valence-electron chi connectivity index (χ3n) is 4.73. The summed E-state index contributed by atoms with van der Waals surface area (Å²) >= 11 is 0. The lowest BCUT2D eigenvalue weighted by molar-refractivity contribution is -0.192. The van der Waals surface area contributed by atoms with Crippen molar-refractivity contribution in [3.8, 4) is 11.1 Å². The molecular weight excluding hydrogens is 472 g/mol. The van der Waals surface area contributed by atoms with E-state index in [9.17, 15) is 27.5 Å². The van der Waals surface area contributed by atoms with Crippen LogP contribution < -0.4 is 5.32 Å². The van der Waals surface area contributed by atoms with Gasteiger partial charge in [0.1, 0.15) is 5.82 Å². The van der Waals surface area contributed by atoms with E-state index in [1.165, 1.54) is 30.5 Å². The average molecular weight is 490 g/mol. The summed E-state index contributed by atoms with van der Waals surface area (Å²) in [5, 5.41) is 27.8. The Morgan fingerprint density at radius 2 is 1.69 bits per heavy atom. The number of aromatic amines is 1. The molecule has 0 aliphatic carbocycles. The molecule has 2 heterocycles. The number of H-pyrrole nitrogens is 1. The van der Waals surface area contributed by atoms with Crippen LogP contribution >= 0.6 is 0 Å². The van der Waals surface area contributed by atoms with Gasteiger partial charge in [0.25, 0.3) is 5.91 Å². The predicted octanol–water partition coefficient (Wildman–Crippen LogP) is 3.86. The van der Waals surface area contributed by atoms with Gasteiger partial charge in [-0.05, 0) is 41.5 Å². The second kappa shape index (κ2) is 10.7. The minimum absolute atomic E-state index is 0.00960. The molecule has 182 valence electrons. The van der Waals surface area contributed by atoms with Gasteiger partial charge in [-0.2, -0.15) is 18.3 Å². The molecule has 0 saturated heterocycles. The number of rotatable bonds is 5. The Kier molecular flexibility index (Phi) is 7.76. The molecule has 0 saturated carbocycles. The highest BCUT2D eigenvalue weighted by molar-refractivity contribution is 5.95. The van der Waals surface area contributed by atoms with E-state index in [4.69, 9.17) is 9.90 Å². The topological polar surface area (TPSA) is 128 Å². The van der Waals surface area contributed by atoms with Crippen molar-refractivity contribution in [3.05, 3.63) is 84.1 Å². The third kappa shape index (κ3) is 6.84. The highest BCUT2D eigenvalue weighted by atomic mass is 19.4. The maximum atomic E-state index is 13.0. The lowest BCUT2D eigenvalue weighted by atomic mass is 10.0. The molecule has 1 atom stereocenters. The summed E-state index contributed by atoms with van der Waals surface area (Å²) in [6, 6.07) is 13.1. The summed E-state index contributed by atoms with van der Waals surface area (Å²) < 4.78 is 44.7. The molecule has 0 bridgehead atoms. The number of aliphatic hydroxyl groups is 1. The summed E-state index contributed by atoms with van der Waals surface area (Å²) in [6.07, 6.45) is -1.12. The molecule has 0 fully saturated rings. The number of nitrogens with zero attached hydrogens (tertiary/aromatic N) is 2. The number of pyridine rings is 1. The van der Waals surface area contributed by atoms with Crippen molar-refractivity contribution in [1.82, 2.24) is 20.5 Å². The number of halogens is 4. The lowest BCUT2D eigenvalue weighted by Crippen LogP contribution is -2.28. The molecule has 0 aliphatic rings. The van der Waals surface area contributed by atoms with Crippen molar-refractivity contribution in [1.29, 1.82) is 0 Å². The zero-order valence-electron chi connectivity index (χ0n) is 17.8. The van der Waals surface area contributed by atoms with Crippen LogP contribution in [0.5, 0.6) is 0 Å². The quantitative estimate of drug-likeness (QED) is 0.315. The summed E-state index contributed by atoms with van der Waals surface area (Å²) in [5.41, 5.74) is 3.57. The molecule has 4 N–H and O–H groups in total. The van der Waals surface area contributed by atoms with Crippen molar-refractivity contribution >= 4 is 22.8 Å². The number of fused-ring (bicyclic) bond motifs is 1. The molecule has 0 aliphatic heterocycles. The van der Waals surface area contributed by atoms with E-state index in [1.54, 1.807) is 18.5 Å². The summed E-state index contributed by atoms with van der Waals surface area (Å²) in [7, 11) is 0. The Balaban J connectivity index is 0.000000429. The first kappa shape index (κ1) is 25.3. The standard InChI is InChI=1S/C21H17FN4O2.C2HF3O2/c22-18-4-1-13(2-5-18)20(27)12-24-21(28)17-8-15(9-23-10-17)14-3-6-19-16(7-14)11-25-26-19;3-2(4,5)1(6)7/h1-11,20,27H,12H2,(H,24,28)(H,25,26);(H,6,7). The van der Waals surface area contributed by atoms with Gasteiger partial charge in [0.15, 0.2) is 0 Å². The number of aromatic nitrogens is 3. The number of aliphatic hydroxyl groups excluding tert-OH is 1. The average Bonchev–Trinajstić information content (AvgIpc) is 3.30. The third-order valence-corrected chi connectivity index (χ3v) is 4.73. The molecule has 4 rings (SSSR count). The largest absolute Gasteiger partial charge is 0.490 e. The molecular formula is C23H18F4N4O4. The molecule has 1 unspecified atom stereocenters. The number of carboxylic acid groups (broad SMARTS) is 1. The van der Waals surface area contributed by atoms with E-state index in [2.05, 4.69) is 20.5 Å². The van der Waals surface area contributed by atoms with Crippen molar-refractivity contribution in [2.45, 2.75) is 12.3 Å². The molecule has 2 aromatic carbocycles. The number of hydrogen-bond acceptors (Lipinski definition) is 5. The SMILES string of the molecule is O=C(NCC(O)c1ccc(F)cc1)c1cncc(-c2ccc3[nH]ncc3c2)c1.O=C(O)C(F)(F)F. The van der Waals surface area contributed by atoms with Crippen LogP contribution in [0, 0.1) is 5.82 Å². The van der Waals surface area contributed by atoms with E-state index >= 15 is 0 Å². The Morgan fingerprint density at radius 3 is 2.34 bits per heavy atom. The summed E-state index contributed by atoms with van der Waals surface area (Å²) in [4.78, 5) is 25.5. The molecule has 0 spiro atoms. The van der Waals surface area contributed by atoms with Crippen molar-refractivity contribution in [2.75, 3.05) is 6.54 Å². The van der Waals surface area contributed by atoms with Crippen LogP contribution in [0.25, 0.3) is 22.0 Å². The van der Waals surface area contributed by atoms with Crippen molar-refractivity contribution in [2.24, 2.45) is 0 Å². The lowest BCUT2D eigenvalue weighted by Gasteiger charge is -2.12. The van der Waals surface area contributed by atoms with Crippen LogP contribution in [0.15, 0.2) is 67.1 Å². The molecule has 35 heavy (non-hydrogen) atoms. The van der Waals surface area contributed by atoms with Crippen molar-refractivity contribution in [3.63, 3.8) is 0 Å². The van der Waals surface area contributed by atoms with E-state index in [0.717, 1.165) is 22.0 Å². The van der Waals surface area contributed by atoms with Gasteiger partial charge in [-0.15, -0.1) is 0 Å². The van der Waals surface area contributed by atoms with Gasteiger partial charge >= 0.3 is 12.1 Å². The van der Waals surface area contributed by atoms with Gasteiger partial charge in [0.05, 0.1) is 23.4 Å². The fourth-order valence-corrected chi connectivity index (χ4v) is 2.94. The van der Waals surface area contributed by atoms with Gasteiger partial charge in [-0.3, -0.25) is 14.9 Å². The number of carboxylic acids is 1. The van der Waals surface area contributed by atoms with Crippen molar-refractivity contribution < 1.29 is 37.4 Å². The minimum Gasteiger partial charge on any atom is -0.475 e. The molecule has 8 nitrogen and oxygen atoms in total. The van der Waals surface area contributed by atoms with E-state index in [-0.39, 0.29) is 18.3 Å². The van der Waals surface area contributed by atoms with Crippen LogP contribution in [0.2, 0.25) is 0 Å². The number of hydrogen-bond donors (Lipinski definition) is 4. The highest BCUT2D eigenvalue weighted by Crippen LogP contribution is 2.23. The normalized spacial score (nSPS) is 11.9. The number of carbonyl (C=O) groups excluding carboxylic acids is 1. The van der Waals surface area contributed by atoms with Crippen LogP contribution in [0.1, 0.15) is 22.0 Å². The molecule has 4 aromatic rings. The minimum atomic E-state index is -5.08. The zero-order valence-corrected chi connectivity index (χ0v) is 17.8. The highest BCUT2D eigenvalue weighted by Gasteiger charge is 2.38. The Morgan fingerprint density at radius 1 is 1.00 bits per heavy atom. The van der Waals surface area contributed by atoms with Gasteiger partial charge in [-0.1, -0.05) is 18.2 Å². The van der Waals surface area contributed by atoms with Gasteiger partial charge in [0, 0.05) is 29.9 Å². The van der Waals surface area contributed by atoms with E-state index in [0.29, 0.717) is 11.1 Å². The second-order valence-corrected chi connectivity index (χ2v) is 7.21. The fourth-order valence-electron chi connectivity index (χ4n) is 2.94. The first-order valence-corrected chi connectivity index (χ1v) is 9.95. The first-order valence-electron chi connectivity index (χ1n) is 9.95. The second-order valence-electron chi connectivity index (χ2n) is 7.21. The molecule has 1 amide bonds. The zero-order chi connectivity index (χ0) is 25.6. The fraction of sp³-hybridized carbons (Fsp3) is 0.130.